The van der Waals surface area contributed by atoms with Gasteiger partial charge in [-0.2, -0.15) is 0 Å². The van der Waals surface area contributed by atoms with Crippen LogP contribution in [0.5, 0.6) is 0 Å². The first-order chi connectivity index (χ1) is 9.70. The molecule has 2 rings (SSSR count). The van der Waals surface area contributed by atoms with E-state index in [0.29, 0.717) is 16.1 Å². The highest BCUT2D eigenvalue weighted by atomic mass is 35.5. The molecule has 20 heavy (non-hydrogen) atoms. The molecule has 0 saturated heterocycles. The van der Waals surface area contributed by atoms with Crippen LogP contribution < -0.4 is 5.32 Å². The summed E-state index contributed by atoms with van der Waals surface area (Å²) >= 11 is 12.2. The van der Waals surface area contributed by atoms with Gasteiger partial charge in [0, 0.05) is 6.04 Å². The SMILES string of the molecule is CCCNC(CC1=CCCCC1)c1ccc(Cl)c(Cl)c1. The van der Waals surface area contributed by atoms with E-state index < -0.39 is 0 Å². The van der Waals surface area contributed by atoms with Crippen molar-refractivity contribution in [2.75, 3.05) is 6.54 Å². The van der Waals surface area contributed by atoms with E-state index >= 15 is 0 Å². The molecular weight excluding hydrogens is 289 g/mol. The maximum absolute atomic E-state index is 6.16. The zero-order valence-electron chi connectivity index (χ0n) is 12.1. The highest BCUT2D eigenvalue weighted by molar-refractivity contribution is 6.42. The Morgan fingerprint density at radius 1 is 1.20 bits per heavy atom. The van der Waals surface area contributed by atoms with Crippen molar-refractivity contribution in [3.63, 3.8) is 0 Å². The fourth-order valence-corrected chi connectivity index (χ4v) is 3.01. The second kappa shape index (κ2) is 8.07. The first-order valence-corrected chi connectivity index (χ1v) is 8.32. The van der Waals surface area contributed by atoms with Gasteiger partial charge in [0.25, 0.3) is 0 Å². The highest BCUT2D eigenvalue weighted by Crippen LogP contribution is 2.31. The van der Waals surface area contributed by atoms with E-state index in [1.54, 1.807) is 5.57 Å². The lowest BCUT2D eigenvalue weighted by atomic mass is 9.91. The molecule has 0 fully saturated rings. The topological polar surface area (TPSA) is 12.0 Å². The van der Waals surface area contributed by atoms with E-state index in [9.17, 15) is 0 Å². The Balaban J connectivity index is 2.12. The zero-order valence-corrected chi connectivity index (χ0v) is 13.6. The Morgan fingerprint density at radius 3 is 2.70 bits per heavy atom. The van der Waals surface area contributed by atoms with Crippen molar-refractivity contribution in [3.8, 4) is 0 Å². The van der Waals surface area contributed by atoms with Gasteiger partial charge in [-0.3, -0.25) is 0 Å². The van der Waals surface area contributed by atoms with E-state index in [1.807, 2.05) is 12.1 Å². The molecule has 1 unspecified atom stereocenters. The van der Waals surface area contributed by atoms with E-state index in [4.69, 9.17) is 23.2 Å². The van der Waals surface area contributed by atoms with Gasteiger partial charge in [0.05, 0.1) is 10.0 Å². The molecule has 0 saturated carbocycles. The molecule has 1 nitrogen and oxygen atoms in total. The van der Waals surface area contributed by atoms with Crippen LogP contribution in [0.1, 0.15) is 57.1 Å². The summed E-state index contributed by atoms with van der Waals surface area (Å²) in [6.45, 7) is 3.22. The predicted molar refractivity (Wildman–Crippen MR) is 88.7 cm³/mol. The molecule has 0 aromatic heterocycles. The van der Waals surface area contributed by atoms with Crippen LogP contribution in [-0.2, 0) is 0 Å². The van der Waals surface area contributed by atoms with Crippen LogP contribution in [0, 0.1) is 0 Å². The molecule has 0 spiro atoms. The Kier molecular flexibility index (Phi) is 6.41. The number of allylic oxidation sites excluding steroid dienone is 1. The van der Waals surface area contributed by atoms with Gasteiger partial charge in [-0.15, -0.1) is 0 Å². The minimum atomic E-state index is 0.342. The summed E-state index contributed by atoms with van der Waals surface area (Å²) in [5.41, 5.74) is 2.82. The van der Waals surface area contributed by atoms with Crippen molar-refractivity contribution >= 4 is 23.2 Å². The van der Waals surface area contributed by atoms with Crippen LogP contribution in [0.25, 0.3) is 0 Å². The molecule has 3 heteroatoms. The maximum Gasteiger partial charge on any atom is 0.0595 e. The second-order valence-corrected chi connectivity index (χ2v) is 6.31. The van der Waals surface area contributed by atoms with Crippen molar-refractivity contribution in [1.29, 1.82) is 0 Å². The minimum absolute atomic E-state index is 0.342. The number of benzene rings is 1. The molecule has 0 bridgehead atoms. The normalized spacial score (nSPS) is 16.9. The largest absolute Gasteiger partial charge is 0.310 e. The highest BCUT2D eigenvalue weighted by Gasteiger charge is 2.15. The molecular formula is C17H23Cl2N. The lowest BCUT2D eigenvalue weighted by molar-refractivity contribution is 0.511. The summed E-state index contributed by atoms with van der Waals surface area (Å²) in [4.78, 5) is 0. The summed E-state index contributed by atoms with van der Waals surface area (Å²) in [6.07, 6.45) is 9.77. The van der Waals surface area contributed by atoms with E-state index in [-0.39, 0.29) is 0 Å². The van der Waals surface area contributed by atoms with Gasteiger partial charge in [0.1, 0.15) is 0 Å². The third-order valence-electron chi connectivity index (χ3n) is 3.84. The lowest BCUT2D eigenvalue weighted by Crippen LogP contribution is -2.23. The van der Waals surface area contributed by atoms with Crippen molar-refractivity contribution in [3.05, 3.63) is 45.5 Å². The smallest absolute Gasteiger partial charge is 0.0595 e. The first-order valence-electron chi connectivity index (χ1n) is 7.57. The monoisotopic (exact) mass is 311 g/mol. The molecule has 1 N–H and O–H groups in total. The van der Waals surface area contributed by atoms with Gasteiger partial charge in [-0.25, -0.2) is 0 Å². The molecule has 1 aromatic carbocycles. The van der Waals surface area contributed by atoms with Gasteiger partial charge in [-0.1, -0.05) is 47.8 Å². The van der Waals surface area contributed by atoms with Crippen molar-refractivity contribution in [1.82, 2.24) is 5.32 Å². The van der Waals surface area contributed by atoms with Crippen LogP contribution in [0.4, 0.5) is 0 Å². The summed E-state index contributed by atoms with van der Waals surface area (Å²) < 4.78 is 0. The van der Waals surface area contributed by atoms with Gasteiger partial charge < -0.3 is 5.32 Å². The average molecular weight is 312 g/mol. The summed E-state index contributed by atoms with van der Waals surface area (Å²) in [5.74, 6) is 0. The van der Waals surface area contributed by atoms with Gasteiger partial charge in [-0.05, 0) is 62.8 Å². The van der Waals surface area contributed by atoms with Crippen LogP contribution in [-0.4, -0.2) is 6.54 Å². The van der Waals surface area contributed by atoms with E-state index in [1.165, 1.54) is 31.2 Å². The quantitative estimate of drug-likeness (QED) is 0.642. The standard InChI is InChI=1S/C17H23Cl2N/c1-2-10-20-17(11-13-6-4-3-5-7-13)14-8-9-15(18)16(19)12-14/h6,8-9,12,17,20H,2-5,7,10-11H2,1H3. The molecule has 0 amide bonds. The molecule has 110 valence electrons. The minimum Gasteiger partial charge on any atom is -0.310 e. The Morgan fingerprint density at radius 2 is 2.05 bits per heavy atom. The number of hydrogen-bond donors (Lipinski definition) is 1. The van der Waals surface area contributed by atoms with Crippen LogP contribution in [0.3, 0.4) is 0 Å². The molecule has 0 heterocycles. The van der Waals surface area contributed by atoms with Crippen molar-refractivity contribution < 1.29 is 0 Å². The third kappa shape index (κ3) is 4.51. The Hall–Kier alpha value is -0.500. The molecule has 1 atom stereocenters. The number of nitrogens with one attached hydrogen (secondary N) is 1. The fraction of sp³-hybridized carbons (Fsp3) is 0.529. The van der Waals surface area contributed by atoms with Crippen molar-refractivity contribution in [2.24, 2.45) is 0 Å². The van der Waals surface area contributed by atoms with Crippen LogP contribution in [0.15, 0.2) is 29.8 Å². The summed E-state index contributed by atoms with van der Waals surface area (Å²) in [5, 5.41) is 4.91. The Labute approximate surface area is 132 Å². The van der Waals surface area contributed by atoms with Gasteiger partial charge in [0.2, 0.25) is 0 Å². The predicted octanol–water partition coefficient (Wildman–Crippen LogP) is 5.92. The lowest BCUT2D eigenvalue weighted by Gasteiger charge is -2.23. The molecule has 1 aromatic rings. The van der Waals surface area contributed by atoms with E-state index in [2.05, 4.69) is 24.4 Å². The molecule has 0 aliphatic heterocycles. The second-order valence-electron chi connectivity index (χ2n) is 5.49. The molecule has 1 aliphatic carbocycles. The summed E-state index contributed by atoms with van der Waals surface area (Å²) in [6, 6.07) is 6.33. The van der Waals surface area contributed by atoms with E-state index in [0.717, 1.165) is 19.4 Å². The fourth-order valence-electron chi connectivity index (χ4n) is 2.71. The number of rotatable bonds is 6. The average Bonchev–Trinajstić information content (AvgIpc) is 2.47. The first kappa shape index (κ1) is 15.9. The third-order valence-corrected chi connectivity index (χ3v) is 4.58. The number of hydrogen-bond acceptors (Lipinski definition) is 1. The maximum atomic E-state index is 6.16. The van der Waals surface area contributed by atoms with Crippen molar-refractivity contribution in [2.45, 2.75) is 51.5 Å². The van der Waals surface area contributed by atoms with Gasteiger partial charge in [0.15, 0.2) is 0 Å². The van der Waals surface area contributed by atoms with Crippen LogP contribution >= 0.6 is 23.2 Å². The summed E-state index contributed by atoms with van der Waals surface area (Å²) in [7, 11) is 0. The number of halogens is 2. The molecule has 1 aliphatic rings. The zero-order chi connectivity index (χ0) is 14.4. The van der Waals surface area contributed by atoms with Gasteiger partial charge >= 0.3 is 0 Å². The van der Waals surface area contributed by atoms with Crippen LogP contribution in [0.2, 0.25) is 10.0 Å². The molecule has 0 radical (unpaired) electrons. The Bertz CT molecular complexity index is 468.